The molecule has 1 aromatic rings. The van der Waals surface area contributed by atoms with Gasteiger partial charge < -0.3 is 5.32 Å². The van der Waals surface area contributed by atoms with E-state index in [0.29, 0.717) is 0 Å². The van der Waals surface area contributed by atoms with Crippen LogP contribution in [0, 0.1) is 6.92 Å². The van der Waals surface area contributed by atoms with E-state index in [0.717, 1.165) is 11.1 Å². The number of benzene rings is 1. The number of aryl methyl sites for hydroxylation is 1. The molecule has 5 nitrogen and oxygen atoms in total. The molecule has 5 heteroatoms. The molecule has 2 amide bonds. The highest BCUT2D eigenvalue weighted by Gasteiger charge is 2.08. The average Bonchev–Trinajstić information content (AvgIpc) is 2.29. The van der Waals surface area contributed by atoms with Crippen molar-refractivity contribution in [3.63, 3.8) is 0 Å². The molecular formula is C12H15N3O2. The van der Waals surface area contributed by atoms with Crippen LogP contribution in [0.4, 0.5) is 0 Å². The topological polar surface area (TPSA) is 84.2 Å². The van der Waals surface area contributed by atoms with Crippen molar-refractivity contribution in [2.75, 3.05) is 0 Å². The predicted molar refractivity (Wildman–Crippen MR) is 65.3 cm³/mol. The second-order valence-corrected chi connectivity index (χ2v) is 3.62. The molecule has 0 heterocycles. The lowest BCUT2D eigenvalue weighted by molar-refractivity contribution is -0.122. The first-order valence-electron chi connectivity index (χ1n) is 5.10. The smallest absolute Gasteiger partial charge is 0.281 e. The molecule has 1 aromatic carbocycles. The van der Waals surface area contributed by atoms with Crippen molar-refractivity contribution in [3.8, 4) is 0 Å². The molecule has 0 atom stereocenters. The quantitative estimate of drug-likeness (QED) is 0.307. The highest BCUT2D eigenvalue weighted by Crippen LogP contribution is 2.07. The van der Waals surface area contributed by atoms with Crippen molar-refractivity contribution in [2.24, 2.45) is 5.84 Å². The lowest BCUT2D eigenvalue weighted by atomic mass is 10.1. The lowest BCUT2D eigenvalue weighted by Gasteiger charge is -2.06. The van der Waals surface area contributed by atoms with Crippen LogP contribution in [0.15, 0.2) is 30.0 Å². The van der Waals surface area contributed by atoms with Gasteiger partial charge in [0.25, 0.3) is 5.91 Å². The Balaban J connectivity index is 3.00. The Labute approximate surface area is 99.7 Å². The molecule has 0 saturated carbocycles. The molecule has 90 valence electrons. The summed E-state index contributed by atoms with van der Waals surface area (Å²) < 4.78 is 0. The zero-order valence-corrected chi connectivity index (χ0v) is 9.78. The molecule has 1 rings (SSSR count). The summed E-state index contributed by atoms with van der Waals surface area (Å²) in [7, 11) is 0. The Kier molecular flexibility index (Phi) is 4.42. The van der Waals surface area contributed by atoms with E-state index in [1.807, 2.05) is 36.6 Å². The van der Waals surface area contributed by atoms with Gasteiger partial charge in [-0.15, -0.1) is 0 Å². The lowest BCUT2D eigenvalue weighted by Crippen LogP contribution is -2.37. The van der Waals surface area contributed by atoms with E-state index < -0.39 is 5.91 Å². The van der Waals surface area contributed by atoms with Gasteiger partial charge in [0.1, 0.15) is 5.70 Å². The minimum absolute atomic E-state index is 0.115. The molecule has 0 saturated heterocycles. The maximum Gasteiger partial charge on any atom is 0.281 e. The normalized spacial score (nSPS) is 10.9. The van der Waals surface area contributed by atoms with Gasteiger partial charge in [-0.25, -0.2) is 5.84 Å². The van der Waals surface area contributed by atoms with E-state index in [2.05, 4.69) is 5.32 Å². The summed E-state index contributed by atoms with van der Waals surface area (Å²) in [6.07, 6.45) is 1.56. The third-order valence-corrected chi connectivity index (χ3v) is 2.07. The minimum atomic E-state index is -0.541. The van der Waals surface area contributed by atoms with Crippen molar-refractivity contribution in [1.29, 1.82) is 0 Å². The van der Waals surface area contributed by atoms with Crippen molar-refractivity contribution < 1.29 is 9.59 Å². The number of rotatable bonds is 3. The number of nitrogens with two attached hydrogens (primary N) is 1. The van der Waals surface area contributed by atoms with Crippen molar-refractivity contribution in [2.45, 2.75) is 13.8 Å². The number of hydrazine groups is 1. The second kappa shape index (κ2) is 5.81. The molecule has 0 fully saturated rings. The van der Waals surface area contributed by atoms with Crippen LogP contribution in [0.3, 0.4) is 0 Å². The summed E-state index contributed by atoms with van der Waals surface area (Å²) in [5, 5.41) is 2.42. The van der Waals surface area contributed by atoms with Gasteiger partial charge in [0.2, 0.25) is 5.91 Å². The van der Waals surface area contributed by atoms with Crippen LogP contribution < -0.4 is 16.6 Å². The summed E-state index contributed by atoms with van der Waals surface area (Å²) >= 11 is 0. The number of carbonyl (C=O) groups is 2. The van der Waals surface area contributed by atoms with Gasteiger partial charge in [-0.1, -0.05) is 29.8 Å². The molecule has 4 N–H and O–H groups in total. The summed E-state index contributed by atoms with van der Waals surface area (Å²) in [6, 6.07) is 7.52. The van der Waals surface area contributed by atoms with Crippen LogP contribution in [0.2, 0.25) is 0 Å². The summed E-state index contributed by atoms with van der Waals surface area (Å²) in [5.41, 5.74) is 4.02. The third-order valence-electron chi connectivity index (χ3n) is 2.07. The summed E-state index contributed by atoms with van der Waals surface area (Å²) in [6.45, 7) is 3.29. The summed E-state index contributed by atoms with van der Waals surface area (Å²) in [5.74, 6) is 4.17. The SMILES string of the molecule is CC(=O)N/C(=C/c1ccc(C)cc1)C(=O)NN. The van der Waals surface area contributed by atoms with E-state index in [-0.39, 0.29) is 11.6 Å². The van der Waals surface area contributed by atoms with Gasteiger partial charge in [0.15, 0.2) is 0 Å². The molecule has 0 aliphatic rings. The monoisotopic (exact) mass is 233 g/mol. The molecular weight excluding hydrogens is 218 g/mol. The van der Waals surface area contributed by atoms with Gasteiger partial charge in [0.05, 0.1) is 0 Å². The van der Waals surface area contributed by atoms with Crippen LogP contribution in [0.25, 0.3) is 6.08 Å². The Morgan fingerprint density at radius 2 is 1.82 bits per heavy atom. The standard InChI is InChI=1S/C12H15N3O2/c1-8-3-5-10(6-4-8)7-11(12(17)15-13)14-9(2)16/h3-7H,13H2,1-2H3,(H,14,16)(H,15,17)/b11-7+. The highest BCUT2D eigenvalue weighted by molar-refractivity contribution is 6.00. The van der Waals surface area contributed by atoms with Crippen LogP contribution >= 0.6 is 0 Å². The van der Waals surface area contributed by atoms with Gasteiger partial charge >= 0.3 is 0 Å². The van der Waals surface area contributed by atoms with E-state index in [4.69, 9.17) is 5.84 Å². The Morgan fingerprint density at radius 1 is 1.24 bits per heavy atom. The second-order valence-electron chi connectivity index (χ2n) is 3.62. The molecule has 0 spiro atoms. The fourth-order valence-electron chi connectivity index (χ4n) is 1.26. The van der Waals surface area contributed by atoms with Crippen molar-refractivity contribution >= 4 is 17.9 Å². The van der Waals surface area contributed by atoms with Gasteiger partial charge in [-0.2, -0.15) is 0 Å². The zero-order valence-electron chi connectivity index (χ0n) is 9.78. The van der Waals surface area contributed by atoms with E-state index in [9.17, 15) is 9.59 Å². The minimum Gasteiger partial charge on any atom is -0.322 e. The zero-order chi connectivity index (χ0) is 12.8. The average molecular weight is 233 g/mol. The Hall–Kier alpha value is -2.14. The van der Waals surface area contributed by atoms with E-state index >= 15 is 0 Å². The van der Waals surface area contributed by atoms with E-state index in [1.165, 1.54) is 6.92 Å². The molecule has 0 bridgehead atoms. The van der Waals surface area contributed by atoms with Gasteiger partial charge in [-0.05, 0) is 18.6 Å². The summed E-state index contributed by atoms with van der Waals surface area (Å²) in [4.78, 5) is 22.3. The first kappa shape index (κ1) is 12.9. The number of hydrogen-bond acceptors (Lipinski definition) is 3. The van der Waals surface area contributed by atoms with Crippen LogP contribution in [-0.2, 0) is 9.59 Å². The largest absolute Gasteiger partial charge is 0.322 e. The number of nitrogens with one attached hydrogen (secondary N) is 2. The van der Waals surface area contributed by atoms with Gasteiger partial charge in [0, 0.05) is 6.92 Å². The molecule has 0 aromatic heterocycles. The number of amides is 2. The maximum atomic E-state index is 11.4. The fraction of sp³-hybridized carbons (Fsp3) is 0.167. The maximum absolute atomic E-state index is 11.4. The van der Waals surface area contributed by atoms with Crippen LogP contribution in [-0.4, -0.2) is 11.8 Å². The van der Waals surface area contributed by atoms with Crippen molar-refractivity contribution in [3.05, 3.63) is 41.1 Å². The van der Waals surface area contributed by atoms with Crippen LogP contribution in [0.5, 0.6) is 0 Å². The number of carbonyl (C=O) groups excluding carboxylic acids is 2. The van der Waals surface area contributed by atoms with Crippen molar-refractivity contribution in [1.82, 2.24) is 10.7 Å². The molecule has 0 radical (unpaired) electrons. The molecule has 0 aliphatic carbocycles. The highest BCUT2D eigenvalue weighted by atomic mass is 16.2. The Bertz CT molecular complexity index is 449. The first-order chi connectivity index (χ1) is 8.02. The molecule has 0 aliphatic heterocycles. The fourth-order valence-corrected chi connectivity index (χ4v) is 1.26. The third kappa shape index (κ3) is 4.08. The van der Waals surface area contributed by atoms with Crippen LogP contribution in [0.1, 0.15) is 18.1 Å². The molecule has 0 unspecified atom stereocenters. The first-order valence-corrected chi connectivity index (χ1v) is 5.10. The van der Waals surface area contributed by atoms with E-state index in [1.54, 1.807) is 6.08 Å². The Morgan fingerprint density at radius 3 is 2.29 bits per heavy atom. The number of hydrogen-bond donors (Lipinski definition) is 3. The molecule has 17 heavy (non-hydrogen) atoms. The predicted octanol–water partition coefficient (Wildman–Crippen LogP) is 0.462. The van der Waals surface area contributed by atoms with Gasteiger partial charge in [-0.3, -0.25) is 15.0 Å².